The Morgan fingerprint density at radius 2 is 2.12 bits per heavy atom. The summed E-state index contributed by atoms with van der Waals surface area (Å²) in [5, 5.41) is 9.57. The lowest BCUT2D eigenvalue weighted by Crippen LogP contribution is -2.34. The second-order valence-electron chi connectivity index (χ2n) is 3.79. The molecule has 0 fully saturated rings. The zero-order valence-electron chi connectivity index (χ0n) is 9.08. The van der Waals surface area contributed by atoms with Gasteiger partial charge in [-0.1, -0.05) is 42.5 Å². The van der Waals surface area contributed by atoms with Crippen molar-refractivity contribution in [3.05, 3.63) is 48.0 Å². The molecule has 16 heavy (non-hydrogen) atoms. The van der Waals surface area contributed by atoms with E-state index in [1.54, 1.807) is 6.08 Å². The number of benzene rings is 1. The van der Waals surface area contributed by atoms with Crippen molar-refractivity contribution in [2.45, 2.75) is 18.8 Å². The molecule has 1 aliphatic heterocycles. The van der Waals surface area contributed by atoms with Crippen LogP contribution in [0.4, 0.5) is 0 Å². The highest BCUT2D eigenvalue weighted by atomic mass is 16.5. The largest absolute Gasteiger partial charge is 0.386 e. The molecule has 0 unspecified atom stereocenters. The molecule has 0 bridgehead atoms. The highest BCUT2D eigenvalue weighted by Crippen LogP contribution is 2.09. The molecule has 1 aliphatic rings. The molecule has 1 aromatic carbocycles. The summed E-state index contributed by atoms with van der Waals surface area (Å²) < 4.78 is 10.9. The lowest BCUT2D eigenvalue weighted by atomic mass is 10.1. The Hall–Kier alpha value is -1.16. The summed E-state index contributed by atoms with van der Waals surface area (Å²) in [7, 11) is 0. The minimum atomic E-state index is -0.551. The van der Waals surface area contributed by atoms with Crippen molar-refractivity contribution < 1.29 is 14.6 Å². The van der Waals surface area contributed by atoms with Gasteiger partial charge in [-0.25, -0.2) is 0 Å². The van der Waals surface area contributed by atoms with Gasteiger partial charge in [0.1, 0.15) is 12.2 Å². The van der Waals surface area contributed by atoms with E-state index >= 15 is 0 Å². The Bertz CT molecular complexity index is 334. The Kier molecular flexibility index (Phi) is 4.10. The number of aliphatic hydroxyl groups is 1. The van der Waals surface area contributed by atoms with Crippen LogP contribution in [0.2, 0.25) is 0 Å². The maximum atomic E-state index is 9.57. The van der Waals surface area contributed by atoms with Crippen molar-refractivity contribution >= 4 is 0 Å². The van der Waals surface area contributed by atoms with Crippen molar-refractivity contribution in [3.63, 3.8) is 0 Å². The summed E-state index contributed by atoms with van der Waals surface area (Å²) in [6.07, 6.45) is 2.77. The van der Waals surface area contributed by atoms with Crippen LogP contribution in [0.1, 0.15) is 5.56 Å². The second-order valence-corrected chi connectivity index (χ2v) is 3.79. The third-order valence-corrected chi connectivity index (χ3v) is 2.51. The summed E-state index contributed by atoms with van der Waals surface area (Å²) in [5.74, 6) is 0. The van der Waals surface area contributed by atoms with Gasteiger partial charge in [0.15, 0.2) is 0 Å². The first-order valence-electron chi connectivity index (χ1n) is 5.44. The molecule has 1 N–H and O–H groups in total. The van der Waals surface area contributed by atoms with Crippen molar-refractivity contribution in [3.8, 4) is 0 Å². The molecule has 0 spiro atoms. The lowest BCUT2D eigenvalue weighted by molar-refractivity contribution is -0.0668. The van der Waals surface area contributed by atoms with Crippen LogP contribution in [0.25, 0.3) is 0 Å². The van der Waals surface area contributed by atoms with Crippen LogP contribution in [0.15, 0.2) is 42.5 Å². The molecule has 0 amide bonds. The fraction of sp³-hybridized carbons (Fsp3) is 0.385. The van der Waals surface area contributed by atoms with Gasteiger partial charge in [-0.05, 0) is 5.56 Å². The molecule has 1 heterocycles. The Balaban J connectivity index is 1.74. The van der Waals surface area contributed by atoms with Crippen LogP contribution in [-0.4, -0.2) is 30.5 Å². The van der Waals surface area contributed by atoms with Gasteiger partial charge in [-0.3, -0.25) is 0 Å². The molecule has 3 nitrogen and oxygen atoms in total. The van der Waals surface area contributed by atoms with E-state index in [4.69, 9.17) is 9.47 Å². The van der Waals surface area contributed by atoms with E-state index in [1.165, 1.54) is 0 Å². The lowest BCUT2D eigenvalue weighted by Gasteiger charge is -2.23. The Morgan fingerprint density at radius 3 is 2.88 bits per heavy atom. The van der Waals surface area contributed by atoms with Gasteiger partial charge < -0.3 is 14.6 Å². The fourth-order valence-corrected chi connectivity index (χ4v) is 1.61. The van der Waals surface area contributed by atoms with Crippen LogP contribution >= 0.6 is 0 Å². The zero-order chi connectivity index (χ0) is 11.2. The maximum absolute atomic E-state index is 9.57. The predicted molar refractivity (Wildman–Crippen MR) is 61.0 cm³/mol. The molecule has 2 atom stereocenters. The van der Waals surface area contributed by atoms with Crippen LogP contribution in [-0.2, 0) is 16.1 Å². The smallest absolute Gasteiger partial charge is 0.111 e. The van der Waals surface area contributed by atoms with Gasteiger partial charge in [-0.2, -0.15) is 0 Å². The van der Waals surface area contributed by atoms with Gasteiger partial charge in [-0.15, -0.1) is 0 Å². The van der Waals surface area contributed by atoms with Crippen LogP contribution < -0.4 is 0 Å². The van der Waals surface area contributed by atoms with E-state index in [-0.39, 0.29) is 6.10 Å². The highest BCUT2D eigenvalue weighted by molar-refractivity contribution is 5.13. The third-order valence-electron chi connectivity index (χ3n) is 2.51. The van der Waals surface area contributed by atoms with Crippen molar-refractivity contribution in [1.29, 1.82) is 0 Å². The maximum Gasteiger partial charge on any atom is 0.111 e. The van der Waals surface area contributed by atoms with Crippen LogP contribution in [0.5, 0.6) is 0 Å². The van der Waals surface area contributed by atoms with E-state index in [9.17, 15) is 5.11 Å². The number of rotatable bonds is 4. The van der Waals surface area contributed by atoms with Crippen LogP contribution in [0.3, 0.4) is 0 Å². The van der Waals surface area contributed by atoms with Crippen molar-refractivity contribution in [2.24, 2.45) is 0 Å². The van der Waals surface area contributed by atoms with Crippen molar-refractivity contribution in [1.82, 2.24) is 0 Å². The molecule has 0 saturated heterocycles. The number of hydrogen-bond donors (Lipinski definition) is 1. The standard InChI is InChI=1S/C13H16O3/c14-12-7-4-8-16-13(12)10-15-9-11-5-2-1-3-6-11/h1-7,12-14H,8-10H2/t12-,13+/m0/s1. The second kappa shape index (κ2) is 5.80. The topological polar surface area (TPSA) is 38.7 Å². The normalized spacial score (nSPS) is 24.6. The summed E-state index contributed by atoms with van der Waals surface area (Å²) in [4.78, 5) is 0. The quantitative estimate of drug-likeness (QED) is 0.782. The molecule has 2 rings (SSSR count). The van der Waals surface area contributed by atoms with Crippen LogP contribution in [0, 0.1) is 0 Å². The molecule has 0 radical (unpaired) electrons. The average Bonchev–Trinajstić information content (AvgIpc) is 2.33. The minimum Gasteiger partial charge on any atom is -0.386 e. The molecule has 0 saturated carbocycles. The molecule has 0 aromatic heterocycles. The summed E-state index contributed by atoms with van der Waals surface area (Å²) in [6, 6.07) is 9.96. The summed E-state index contributed by atoms with van der Waals surface area (Å²) in [5.41, 5.74) is 1.13. The third kappa shape index (κ3) is 3.17. The fourth-order valence-electron chi connectivity index (χ4n) is 1.61. The van der Waals surface area contributed by atoms with Gasteiger partial charge in [0.25, 0.3) is 0 Å². The van der Waals surface area contributed by atoms with E-state index in [1.807, 2.05) is 36.4 Å². The van der Waals surface area contributed by atoms with E-state index in [0.29, 0.717) is 19.8 Å². The number of ether oxygens (including phenoxy) is 2. The van der Waals surface area contributed by atoms with Gasteiger partial charge in [0, 0.05) is 0 Å². The number of aliphatic hydroxyl groups excluding tert-OH is 1. The molecule has 3 heteroatoms. The van der Waals surface area contributed by atoms with Crippen molar-refractivity contribution in [2.75, 3.05) is 13.2 Å². The number of hydrogen-bond acceptors (Lipinski definition) is 3. The minimum absolute atomic E-state index is 0.242. The summed E-state index contributed by atoms with van der Waals surface area (Å²) in [6.45, 7) is 1.52. The molecule has 86 valence electrons. The van der Waals surface area contributed by atoms with Gasteiger partial charge in [0.05, 0.1) is 19.8 Å². The predicted octanol–water partition coefficient (Wildman–Crippen LogP) is 1.52. The van der Waals surface area contributed by atoms with E-state index in [0.717, 1.165) is 5.56 Å². The highest BCUT2D eigenvalue weighted by Gasteiger charge is 2.19. The first-order valence-corrected chi connectivity index (χ1v) is 5.44. The summed E-state index contributed by atoms with van der Waals surface area (Å²) >= 11 is 0. The average molecular weight is 220 g/mol. The van der Waals surface area contributed by atoms with E-state index in [2.05, 4.69) is 0 Å². The monoisotopic (exact) mass is 220 g/mol. The van der Waals surface area contributed by atoms with E-state index < -0.39 is 6.10 Å². The zero-order valence-corrected chi connectivity index (χ0v) is 9.08. The molecular formula is C13H16O3. The van der Waals surface area contributed by atoms with Gasteiger partial charge in [0.2, 0.25) is 0 Å². The Labute approximate surface area is 95.3 Å². The molecule has 1 aromatic rings. The molecular weight excluding hydrogens is 204 g/mol. The molecule has 0 aliphatic carbocycles. The Morgan fingerprint density at radius 1 is 1.31 bits per heavy atom. The first-order chi connectivity index (χ1) is 7.86. The van der Waals surface area contributed by atoms with Gasteiger partial charge >= 0.3 is 0 Å². The first kappa shape index (κ1) is 11.3. The SMILES string of the molecule is O[C@H]1C=CCO[C@@H]1COCc1ccccc1.